The highest BCUT2D eigenvalue weighted by atomic mass is 35.5. The smallest absolute Gasteiger partial charge is 0.273 e. The third kappa shape index (κ3) is 2.93. The van der Waals surface area contributed by atoms with E-state index in [2.05, 4.69) is 10.3 Å². The first-order valence-electron chi connectivity index (χ1n) is 6.23. The molecule has 106 valence electrons. The number of carbonyl (C=O) groups is 1. The summed E-state index contributed by atoms with van der Waals surface area (Å²) in [6, 6.07) is 5.16. The summed E-state index contributed by atoms with van der Waals surface area (Å²) < 4.78 is 10.4. The van der Waals surface area contributed by atoms with Crippen molar-refractivity contribution in [1.29, 1.82) is 0 Å². The maximum atomic E-state index is 12.0. The number of halogens is 1. The lowest BCUT2D eigenvalue weighted by Gasteiger charge is -2.06. The number of oxazole rings is 1. The summed E-state index contributed by atoms with van der Waals surface area (Å²) in [6.45, 7) is 2.57. The normalized spacial score (nSPS) is 10.3. The van der Waals surface area contributed by atoms with Crippen LogP contribution in [-0.4, -0.2) is 24.5 Å². The largest absolute Gasteiger partial charge is 0.495 e. The molecule has 0 saturated heterocycles. The van der Waals surface area contributed by atoms with Crippen LogP contribution in [0.5, 0.6) is 5.75 Å². The Hall–Kier alpha value is -2.01. The zero-order valence-corrected chi connectivity index (χ0v) is 12.0. The molecule has 1 aromatic heterocycles. The van der Waals surface area contributed by atoms with E-state index in [-0.39, 0.29) is 11.6 Å². The molecule has 0 aliphatic carbocycles. The lowest BCUT2D eigenvalue weighted by molar-refractivity contribution is 0.0949. The van der Waals surface area contributed by atoms with E-state index in [0.29, 0.717) is 28.6 Å². The quantitative estimate of drug-likeness (QED) is 0.920. The van der Waals surface area contributed by atoms with E-state index in [0.717, 1.165) is 6.42 Å². The fourth-order valence-electron chi connectivity index (χ4n) is 1.74. The van der Waals surface area contributed by atoms with Crippen molar-refractivity contribution < 1.29 is 13.9 Å². The number of benzene rings is 1. The second-order valence-electron chi connectivity index (χ2n) is 4.14. The number of hydrogen-bond donors (Lipinski definition) is 1. The van der Waals surface area contributed by atoms with Gasteiger partial charge in [0.25, 0.3) is 5.91 Å². The van der Waals surface area contributed by atoms with Crippen LogP contribution < -0.4 is 10.1 Å². The molecule has 0 aliphatic heterocycles. The van der Waals surface area contributed by atoms with Crippen LogP contribution in [-0.2, 0) is 0 Å². The van der Waals surface area contributed by atoms with Gasteiger partial charge in [0.15, 0.2) is 17.8 Å². The van der Waals surface area contributed by atoms with Gasteiger partial charge in [-0.1, -0.05) is 18.5 Å². The van der Waals surface area contributed by atoms with Crippen LogP contribution in [0.15, 0.2) is 29.0 Å². The van der Waals surface area contributed by atoms with Crippen molar-refractivity contribution in [1.82, 2.24) is 10.3 Å². The van der Waals surface area contributed by atoms with Gasteiger partial charge in [-0.3, -0.25) is 4.79 Å². The molecule has 20 heavy (non-hydrogen) atoms. The third-order valence-corrected chi connectivity index (χ3v) is 3.03. The van der Waals surface area contributed by atoms with Gasteiger partial charge in [0.05, 0.1) is 12.1 Å². The molecule has 1 amide bonds. The Labute approximate surface area is 121 Å². The SMILES string of the molecule is CCCNC(=O)c1ncoc1-c1ccc(OC)c(Cl)c1. The predicted molar refractivity (Wildman–Crippen MR) is 76.1 cm³/mol. The van der Waals surface area contributed by atoms with Crippen molar-refractivity contribution >= 4 is 17.5 Å². The first kappa shape index (κ1) is 14.4. The van der Waals surface area contributed by atoms with Crippen LogP contribution >= 0.6 is 11.6 Å². The molecular weight excluding hydrogens is 280 g/mol. The number of aromatic nitrogens is 1. The molecule has 2 aromatic rings. The van der Waals surface area contributed by atoms with E-state index in [1.807, 2.05) is 6.92 Å². The number of rotatable bonds is 5. The van der Waals surface area contributed by atoms with Gasteiger partial charge in [0, 0.05) is 12.1 Å². The number of carbonyl (C=O) groups excluding carboxylic acids is 1. The Bertz CT molecular complexity index is 610. The fourth-order valence-corrected chi connectivity index (χ4v) is 2.00. The highest BCUT2D eigenvalue weighted by molar-refractivity contribution is 6.32. The van der Waals surface area contributed by atoms with E-state index >= 15 is 0 Å². The number of nitrogens with zero attached hydrogens (tertiary/aromatic N) is 1. The molecule has 0 fully saturated rings. The van der Waals surface area contributed by atoms with Gasteiger partial charge in [-0.25, -0.2) is 4.98 Å². The monoisotopic (exact) mass is 294 g/mol. The van der Waals surface area contributed by atoms with Crippen molar-refractivity contribution in [3.05, 3.63) is 35.3 Å². The molecule has 0 bridgehead atoms. The minimum Gasteiger partial charge on any atom is -0.495 e. The van der Waals surface area contributed by atoms with Gasteiger partial charge in [-0.15, -0.1) is 0 Å². The maximum absolute atomic E-state index is 12.0. The van der Waals surface area contributed by atoms with Gasteiger partial charge in [0.1, 0.15) is 5.75 Å². The first-order valence-corrected chi connectivity index (χ1v) is 6.60. The Balaban J connectivity index is 2.32. The second kappa shape index (κ2) is 6.43. The fraction of sp³-hybridized carbons (Fsp3) is 0.286. The van der Waals surface area contributed by atoms with Crippen LogP contribution in [0, 0.1) is 0 Å². The molecule has 0 atom stereocenters. The number of methoxy groups -OCH3 is 1. The Morgan fingerprint density at radius 2 is 2.30 bits per heavy atom. The van der Waals surface area contributed by atoms with Crippen LogP contribution in [0.25, 0.3) is 11.3 Å². The molecule has 0 radical (unpaired) electrons. The molecule has 6 heteroatoms. The van der Waals surface area contributed by atoms with Crippen LogP contribution in [0.2, 0.25) is 5.02 Å². The standard InChI is InChI=1S/C14H15ClN2O3/c1-3-6-16-14(18)12-13(20-8-17-12)9-4-5-11(19-2)10(15)7-9/h4-5,7-8H,3,6H2,1-2H3,(H,16,18). The summed E-state index contributed by atoms with van der Waals surface area (Å²) >= 11 is 6.07. The highest BCUT2D eigenvalue weighted by Crippen LogP contribution is 2.31. The summed E-state index contributed by atoms with van der Waals surface area (Å²) in [5, 5.41) is 3.21. The van der Waals surface area contributed by atoms with Crippen molar-refractivity contribution in [3.8, 4) is 17.1 Å². The zero-order chi connectivity index (χ0) is 14.5. The van der Waals surface area contributed by atoms with Gasteiger partial charge in [-0.2, -0.15) is 0 Å². The summed E-state index contributed by atoms with van der Waals surface area (Å²) in [4.78, 5) is 15.9. The highest BCUT2D eigenvalue weighted by Gasteiger charge is 2.18. The van der Waals surface area contributed by atoms with Gasteiger partial charge in [0.2, 0.25) is 0 Å². The minimum absolute atomic E-state index is 0.250. The van der Waals surface area contributed by atoms with Crippen LogP contribution in [0.1, 0.15) is 23.8 Å². The summed E-state index contributed by atoms with van der Waals surface area (Å²) in [7, 11) is 1.54. The molecule has 1 heterocycles. The number of hydrogen-bond acceptors (Lipinski definition) is 4. The molecule has 0 saturated carbocycles. The van der Waals surface area contributed by atoms with Gasteiger partial charge >= 0.3 is 0 Å². The average Bonchev–Trinajstić information content (AvgIpc) is 2.94. The van der Waals surface area contributed by atoms with Crippen molar-refractivity contribution in [2.75, 3.05) is 13.7 Å². The summed E-state index contributed by atoms with van der Waals surface area (Å²) in [5.74, 6) is 0.692. The Kier molecular flexibility index (Phi) is 4.63. The molecule has 0 aliphatic rings. The van der Waals surface area contributed by atoms with Crippen molar-refractivity contribution in [3.63, 3.8) is 0 Å². The van der Waals surface area contributed by atoms with E-state index in [9.17, 15) is 4.79 Å². The Morgan fingerprint density at radius 1 is 1.50 bits per heavy atom. The van der Waals surface area contributed by atoms with E-state index in [4.69, 9.17) is 20.8 Å². The van der Waals surface area contributed by atoms with Crippen molar-refractivity contribution in [2.24, 2.45) is 0 Å². The molecule has 1 aromatic carbocycles. The van der Waals surface area contributed by atoms with Crippen LogP contribution in [0.3, 0.4) is 0 Å². The zero-order valence-electron chi connectivity index (χ0n) is 11.3. The predicted octanol–water partition coefficient (Wildman–Crippen LogP) is 3.14. The lowest BCUT2D eigenvalue weighted by atomic mass is 10.1. The van der Waals surface area contributed by atoms with Gasteiger partial charge in [-0.05, 0) is 24.6 Å². The molecule has 2 rings (SSSR count). The molecule has 0 unspecified atom stereocenters. The second-order valence-corrected chi connectivity index (χ2v) is 4.54. The summed E-state index contributed by atoms with van der Waals surface area (Å²) in [6.07, 6.45) is 2.10. The number of ether oxygens (including phenoxy) is 1. The number of amides is 1. The molecule has 5 nitrogen and oxygen atoms in total. The lowest BCUT2D eigenvalue weighted by Crippen LogP contribution is -2.24. The maximum Gasteiger partial charge on any atom is 0.273 e. The number of nitrogens with one attached hydrogen (secondary N) is 1. The Morgan fingerprint density at radius 3 is 2.95 bits per heavy atom. The third-order valence-electron chi connectivity index (χ3n) is 2.73. The van der Waals surface area contributed by atoms with Crippen molar-refractivity contribution in [2.45, 2.75) is 13.3 Å². The summed E-state index contributed by atoms with van der Waals surface area (Å²) in [5.41, 5.74) is 0.926. The molecule has 1 N–H and O–H groups in total. The minimum atomic E-state index is -0.262. The van der Waals surface area contributed by atoms with E-state index < -0.39 is 0 Å². The van der Waals surface area contributed by atoms with Crippen LogP contribution in [0.4, 0.5) is 0 Å². The molecular formula is C14H15ClN2O3. The van der Waals surface area contributed by atoms with Gasteiger partial charge < -0.3 is 14.5 Å². The molecule has 0 spiro atoms. The first-order chi connectivity index (χ1) is 9.67. The average molecular weight is 295 g/mol. The van der Waals surface area contributed by atoms with E-state index in [1.54, 1.807) is 25.3 Å². The topological polar surface area (TPSA) is 64.4 Å². The van der Waals surface area contributed by atoms with E-state index in [1.165, 1.54) is 6.39 Å².